The third-order valence-corrected chi connectivity index (χ3v) is 3.53. The summed E-state index contributed by atoms with van der Waals surface area (Å²) >= 11 is 0. The first-order valence-corrected chi connectivity index (χ1v) is 5.99. The van der Waals surface area contributed by atoms with E-state index < -0.39 is 0 Å². The minimum Gasteiger partial charge on any atom is -0.369 e. The highest BCUT2D eigenvalue weighted by atomic mass is 16.1. The van der Waals surface area contributed by atoms with Crippen LogP contribution in [0.4, 0.5) is 0 Å². The van der Waals surface area contributed by atoms with Crippen LogP contribution >= 0.6 is 0 Å². The molecule has 1 aliphatic heterocycles. The molecule has 1 atom stereocenters. The Morgan fingerprint density at radius 3 is 3.00 bits per heavy atom. The van der Waals surface area contributed by atoms with Gasteiger partial charge in [0.15, 0.2) is 0 Å². The normalized spacial score (nSPS) is 26.0. The molecule has 1 aliphatic rings. The zero-order valence-corrected chi connectivity index (χ0v) is 10.5. The fourth-order valence-electron chi connectivity index (χ4n) is 2.49. The van der Waals surface area contributed by atoms with Crippen molar-refractivity contribution < 1.29 is 4.79 Å². The highest BCUT2D eigenvalue weighted by Crippen LogP contribution is 2.29. The summed E-state index contributed by atoms with van der Waals surface area (Å²) in [5.74, 6) is -0.187. The number of likely N-dealkylation sites (tertiary alicyclic amines) is 1. The molecule has 0 saturated carbocycles. The first-order valence-electron chi connectivity index (χ1n) is 5.99. The number of aryl methyl sites for hydroxylation is 1. The lowest BCUT2D eigenvalue weighted by Crippen LogP contribution is -2.48. The molecule has 0 radical (unpaired) electrons. The van der Waals surface area contributed by atoms with Crippen molar-refractivity contribution >= 4 is 5.91 Å². The molecule has 1 unspecified atom stereocenters. The smallest absolute Gasteiger partial charge is 0.224 e. The monoisotopic (exact) mass is 236 g/mol. The summed E-state index contributed by atoms with van der Waals surface area (Å²) in [6.07, 6.45) is 5.80. The minimum absolute atomic E-state index is 0.187. The van der Waals surface area contributed by atoms with Crippen molar-refractivity contribution in [1.82, 2.24) is 14.7 Å². The second kappa shape index (κ2) is 4.49. The SMILES string of the molecule is Cn1cc(CN2CCCC(C)(C(N)=O)C2)cn1. The third-order valence-electron chi connectivity index (χ3n) is 3.53. The maximum absolute atomic E-state index is 11.5. The Morgan fingerprint density at radius 1 is 1.65 bits per heavy atom. The van der Waals surface area contributed by atoms with Crippen LogP contribution in [-0.2, 0) is 18.4 Å². The van der Waals surface area contributed by atoms with Crippen LogP contribution in [0, 0.1) is 5.41 Å². The van der Waals surface area contributed by atoms with E-state index in [2.05, 4.69) is 10.00 Å². The molecule has 2 rings (SSSR count). The van der Waals surface area contributed by atoms with Gasteiger partial charge in [-0.3, -0.25) is 14.4 Å². The van der Waals surface area contributed by atoms with E-state index in [1.165, 1.54) is 5.56 Å². The van der Waals surface area contributed by atoms with Crippen LogP contribution in [-0.4, -0.2) is 33.7 Å². The lowest BCUT2D eigenvalue weighted by Gasteiger charge is -2.38. The molecule has 2 heterocycles. The molecule has 2 N–H and O–H groups in total. The van der Waals surface area contributed by atoms with Crippen LogP contribution in [0.15, 0.2) is 12.4 Å². The van der Waals surface area contributed by atoms with Crippen LogP contribution in [0.3, 0.4) is 0 Å². The lowest BCUT2D eigenvalue weighted by atomic mass is 9.81. The van der Waals surface area contributed by atoms with Crippen molar-refractivity contribution in [2.24, 2.45) is 18.2 Å². The Hall–Kier alpha value is -1.36. The van der Waals surface area contributed by atoms with Crippen LogP contribution in [0.5, 0.6) is 0 Å². The Kier molecular flexibility index (Phi) is 3.19. The predicted molar refractivity (Wildman–Crippen MR) is 65.0 cm³/mol. The molecule has 17 heavy (non-hydrogen) atoms. The van der Waals surface area contributed by atoms with E-state index in [0.29, 0.717) is 0 Å². The van der Waals surface area contributed by atoms with Crippen molar-refractivity contribution in [3.8, 4) is 0 Å². The van der Waals surface area contributed by atoms with Gasteiger partial charge in [0.25, 0.3) is 0 Å². The average molecular weight is 236 g/mol. The van der Waals surface area contributed by atoms with Gasteiger partial charge < -0.3 is 5.73 Å². The standard InChI is InChI=1S/C12H20N4O/c1-12(11(13)17)4-3-5-16(9-12)8-10-6-14-15(2)7-10/h6-7H,3-5,8-9H2,1-2H3,(H2,13,17). The molecule has 0 spiro atoms. The maximum Gasteiger partial charge on any atom is 0.224 e. The second-order valence-corrected chi connectivity index (χ2v) is 5.26. The lowest BCUT2D eigenvalue weighted by molar-refractivity contribution is -0.129. The van der Waals surface area contributed by atoms with Gasteiger partial charge in [-0.15, -0.1) is 0 Å². The van der Waals surface area contributed by atoms with Crippen LogP contribution < -0.4 is 5.73 Å². The van der Waals surface area contributed by atoms with E-state index >= 15 is 0 Å². The Bertz CT molecular complexity index is 414. The first kappa shape index (κ1) is 12.1. The van der Waals surface area contributed by atoms with Gasteiger partial charge >= 0.3 is 0 Å². The zero-order valence-electron chi connectivity index (χ0n) is 10.5. The summed E-state index contributed by atoms with van der Waals surface area (Å²) in [6, 6.07) is 0. The number of aromatic nitrogens is 2. The van der Waals surface area contributed by atoms with Crippen molar-refractivity contribution in [1.29, 1.82) is 0 Å². The number of nitrogens with zero attached hydrogens (tertiary/aromatic N) is 3. The van der Waals surface area contributed by atoms with Gasteiger partial charge in [0.2, 0.25) is 5.91 Å². The number of carbonyl (C=O) groups excluding carboxylic acids is 1. The van der Waals surface area contributed by atoms with Crippen molar-refractivity contribution in [3.05, 3.63) is 18.0 Å². The van der Waals surface area contributed by atoms with E-state index in [9.17, 15) is 4.79 Å². The Morgan fingerprint density at radius 2 is 2.41 bits per heavy atom. The van der Waals surface area contributed by atoms with E-state index in [-0.39, 0.29) is 11.3 Å². The van der Waals surface area contributed by atoms with Gasteiger partial charge in [0.1, 0.15) is 0 Å². The highest BCUT2D eigenvalue weighted by Gasteiger charge is 2.36. The van der Waals surface area contributed by atoms with Gasteiger partial charge in [-0.1, -0.05) is 0 Å². The Balaban J connectivity index is 2.00. The molecule has 1 aromatic heterocycles. The van der Waals surface area contributed by atoms with E-state index in [1.54, 1.807) is 4.68 Å². The van der Waals surface area contributed by atoms with Gasteiger partial charge in [-0.05, 0) is 26.3 Å². The number of nitrogens with two attached hydrogens (primary N) is 1. The number of hydrogen-bond acceptors (Lipinski definition) is 3. The number of amides is 1. The van der Waals surface area contributed by atoms with E-state index in [0.717, 1.165) is 32.5 Å². The number of piperidine rings is 1. The van der Waals surface area contributed by atoms with Gasteiger partial charge in [-0.25, -0.2) is 0 Å². The topological polar surface area (TPSA) is 64.2 Å². The molecular formula is C12H20N4O. The zero-order chi connectivity index (χ0) is 12.5. The molecule has 0 bridgehead atoms. The quantitative estimate of drug-likeness (QED) is 0.831. The molecule has 0 aromatic carbocycles. The molecular weight excluding hydrogens is 216 g/mol. The molecule has 1 aromatic rings. The number of rotatable bonds is 3. The van der Waals surface area contributed by atoms with Gasteiger partial charge in [0.05, 0.1) is 11.6 Å². The summed E-state index contributed by atoms with van der Waals surface area (Å²) in [6.45, 7) is 4.58. The average Bonchev–Trinajstić information content (AvgIpc) is 2.64. The summed E-state index contributed by atoms with van der Waals surface area (Å²) in [4.78, 5) is 13.7. The molecule has 5 heteroatoms. The van der Waals surface area contributed by atoms with Gasteiger partial charge in [0, 0.05) is 31.9 Å². The predicted octanol–water partition coefficient (Wildman–Crippen LogP) is 0.508. The largest absolute Gasteiger partial charge is 0.369 e. The highest BCUT2D eigenvalue weighted by molar-refractivity contribution is 5.80. The summed E-state index contributed by atoms with van der Waals surface area (Å²) in [5, 5.41) is 4.15. The molecule has 1 fully saturated rings. The minimum atomic E-state index is -0.375. The number of hydrogen-bond donors (Lipinski definition) is 1. The fourth-order valence-corrected chi connectivity index (χ4v) is 2.49. The summed E-state index contributed by atoms with van der Waals surface area (Å²) < 4.78 is 1.80. The number of primary amides is 1. The maximum atomic E-state index is 11.5. The molecule has 1 saturated heterocycles. The van der Waals surface area contributed by atoms with Crippen LogP contribution in [0.2, 0.25) is 0 Å². The second-order valence-electron chi connectivity index (χ2n) is 5.26. The Labute approximate surface area is 102 Å². The van der Waals surface area contributed by atoms with E-state index in [4.69, 9.17) is 5.73 Å². The molecule has 0 aliphatic carbocycles. The third kappa shape index (κ3) is 2.66. The summed E-state index contributed by atoms with van der Waals surface area (Å²) in [7, 11) is 1.91. The number of carbonyl (C=O) groups is 1. The molecule has 5 nitrogen and oxygen atoms in total. The summed E-state index contributed by atoms with van der Waals surface area (Å²) in [5.41, 5.74) is 6.29. The van der Waals surface area contributed by atoms with E-state index in [1.807, 2.05) is 26.4 Å². The van der Waals surface area contributed by atoms with Gasteiger partial charge in [-0.2, -0.15) is 5.10 Å². The van der Waals surface area contributed by atoms with Crippen LogP contribution in [0.25, 0.3) is 0 Å². The van der Waals surface area contributed by atoms with Crippen LogP contribution in [0.1, 0.15) is 25.3 Å². The fraction of sp³-hybridized carbons (Fsp3) is 0.667. The van der Waals surface area contributed by atoms with Crippen molar-refractivity contribution in [3.63, 3.8) is 0 Å². The molecule has 94 valence electrons. The molecule has 1 amide bonds. The van der Waals surface area contributed by atoms with Crippen molar-refractivity contribution in [2.75, 3.05) is 13.1 Å². The first-order chi connectivity index (χ1) is 7.99. The van der Waals surface area contributed by atoms with Crippen molar-refractivity contribution in [2.45, 2.75) is 26.3 Å².